The molecule has 8 heteroatoms. The molecule has 3 aromatic rings. The number of aromatic nitrogens is 3. The molecule has 0 aliphatic heterocycles. The third kappa shape index (κ3) is 3.70. The smallest absolute Gasteiger partial charge is 0.210 e. The highest BCUT2D eigenvalue weighted by Gasteiger charge is 2.24. The van der Waals surface area contributed by atoms with Gasteiger partial charge in [-0.05, 0) is 37.1 Å². The van der Waals surface area contributed by atoms with E-state index < -0.39 is 9.84 Å². The van der Waals surface area contributed by atoms with Gasteiger partial charge in [-0.25, -0.2) is 13.4 Å². The van der Waals surface area contributed by atoms with Gasteiger partial charge in [-0.1, -0.05) is 42.6 Å². The van der Waals surface area contributed by atoms with E-state index in [1.807, 2.05) is 6.07 Å². The summed E-state index contributed by atoms with van der Waals surface area (Å²) >= 11 is 6.01. The Kier molecular flexibility index (Phi) is 4.88. The monoisotopic (exact) mass is 402 g/mol. The normalized spacial score (nSPS) is 15.1. The fourth-order valence-corrected chi connectivity index (χ4v) is 4.94. The molecular weight excluding hydrogens is 384 g/mol. The zero-order chi connectivity index (χ0) is 18.9. The summed E-state index contributed by atoms with van der Waals surface area (Å²) in [5.41, 5.74) is 1.06. The van der Waals surface area contributed by atoms with Crippen LogP contribution < -0.4 is 5.32 Å². The summed E-state index contributed by atoms with van der Waals surface area (Å²) in [7, 11) is -3.74. The number of aromatic amines is 1. The number of H-pyrrole nitrogens is 1. The molecule has 0 radical (unpaired) electrons. The number of hydrogen-bond donors (Lipinski definition) is 2. The van der Waals surface area contributed by atoms with Crippen LogP contribution in [0.15, 0.2) is 58.3 Å². The molecule has 1 aliphatic rings. The first-order valence-corrected chi connectivity index (χ1v) is 10.7. The van der Waals surface area contributed by atoms with Gasteiger partial charge in [-0.15, -0.1) is 0 Å². The molecule has 0 saturated heterocycles. The summed E-state index contributed by atoms with van der Waals surface area (Å²) < 4.78 is 26.0. The van der Waals surface area contributed by atoms with Gasteiger partial charge in [0.1, 0.15) is 10.0 Å². The van der Waals surface area contributed by atoms with Gasteiger partial charge >= 0.3 is 0 Å². The molecule has 27 heavy (non-hydrogen) atoms. The Hall–Kier alpha value is -2.38. The molecule has 140 valence electrons. The van der Waals surface area contributed by atoms with Crippen molar-refractivity contribution < 1.29 is 8.42 Å². The van der Waals surface area contributed by atoms with Crippen molar-refractivity contribution in [1.29, 1.82) is 0 Å². The fraction of sp³-hybridized carbons (Fsp3) is 0.263. The van der Waals surface area contributed by atoms with E-state index in [1.165, 1.54) is 25.0 Å². The Labute approximate surface area is 162 Å². The topological polar surface area (TPSA) is 87.7 Å². The van der Waals surface area contributed by atoms with Gasteiger partial charge in [0.05, 0.1) is 4.90 Å². The summed E-state index contributed by atoms with van der Waals surface area (Å²) in [6, 6.07) is 13.1. The second-order valence-electron chi connectivity index (χ2n) is 6.61. The number of hydrogen-bond acceptors (Lipinski definition) is 5. The van der Waals surface area contributed by atoms with Crippen LogP contribution in [-0.2, 0) is 9.84 Å². The number of halogens is 1. The summed E-state index contributed by atoms with van der Waals surface area (Å²) in [6.45, 7) is 0. The zero-order valence-corrected chi connectivity index (χ0v) is 16.1. The standard InChI is InChI=1S/C19H19ClN4O2S/c20-17-11-10-16(27(25,26)14-8-2-1-3-9-14)19(21-17)22-18-12-15(23-24-18)13-6-4-5-7-13/h1-3,8-13H,4-7H2,(H2,21,22,23,24). The van der Waals surface area contributed by atoms with E-state index in [0.717, 1.165) is 18.5 Å². The lowest BCUT2D eigenvalue weighted by atomic mass is 10.0. The van der Waals surface area contributed by atoms with Crippen molar-refractivity contribution in [2.24, 2.45) is 0 Å². The van der Waals surface area contributed by atoms with Gasteiger partial charge in [-0.2, -0.15) is 5.10 Å². The van der Waals surface area contributed by atoms with Crippen LogP contribution in [0.25, 0.3) is 0 Å². The van der Waals surface area contributed by atoms with E-state index in [1.54, 1.807) is 30.3 Å². The van der Waals surface area contributed by atoms with E-state index >= 15 is 0 Å². The maximum absolute atomic E-state index is 13.0. The summed E-state index contributed by atoms with van der Waals surface area (Å²) in [6.07, 6.45) is 4.74. The van der Waals surface area contributed by atoms with Crippen LogP contribution >= 0.6 is 11.6 Å². The summed E-state index contributed by atoms with van der Waals surface area (Å²) in [4.78, 5) is 4.45. The molecule has 2 N–H and O–H groups in total. The number of anilines is 2. The predicted octanol–water partition coefficient (Wildman–Crippen LogP) is 4.69. The van der Waals surface area contributed by atoms with Gasteiger partial charge in [0.25, 0.3) is 0 Å². The zero-order valence-electron chi connectivity index (χ0n) is 14.5. The Morgan fingerprint density at radius 2 is 1.81 bits per heavy atom. The summed E-state index contributed by atoms with van der Waals surface area (Å²) in [5.74, 6) is 1.17. The lowest BCUT2D eigenvalue weighted by molar-refractivity contribution is 0.596. The quantitative estimate of drug-likeness (QED) is 0.604. The molecule has 2 heterocycles. The SMILES string of the molecule is O=S(=O)(c1ccccc1)c1ccc(Cl)nc1Nc1cc(C2CCCC2)[nH]n1. The molecular formula is C19H19ClN4O2S. The molecule has 0 amide bonds. The third-order valence-corrected chi connectivity index (χ3v) is 6.82. The van der Waals surface area contributed by atoms with E-state index in [4.69, 9.17) is 11.6 Å². The van der Waals surface area contributed by atoms with Crippen LogP contribution in [0.5, 0.6) is 0 Å². The molecule has 1 aliphatic carbocycles. The first kappa shape index (κ1) is 18.0. The molecule has 0 bridgehead atoms. The maximum Gasteiger partial charge on any atom is 0.210 e. The second kappa shape index (κ2) is 7.32. The van der Waals surface area contributed by atoms with E-state index in [0.29, 0.717) is 11.7 Å². The highest BCUT2D eigenvalue weighted by atomic mass is 35.5. The van der Waals surface area contributed by atoms with Gasteiger partial charge < -0.3 is 5.32 Å². The molecule has 1 fully saturated rings. The van der Waals surface area contributed by atoms with Crippen LogP contribution in [-0.4, -0.2) is 23.6 Å². The van der Waals surface area contributed by atoms with Gasteiger partial charge in [0.2, 0.25) is 9.84 Å². The van der Waals surface area contributed by atoms with Crippen molar-refractivity contribution in [1.82, 2.24) is 15.2 Å². The fourth-order valence-electron chi connectivity index (χ4n) is 3.42. The Morgan fingerprint density at radius 3 is 2.56 bits per heavy atom. The van der Waals surface area contributed by atoms with Gasteiger partial charge in [0.15, 0.2) is 11.6 Å². The molecule has 1 aromatic carbocycles. The van der Waals surface area contributed by atoms with Crippen molar-refractivity contribution in [2.75, 3.05) is 5.32 Å². The van der Waals surface area contributed by atoms with Gasteiger partial charge in [-0.3, -0.25) is 5.10 Å². The highest BCUT2D eigenvalue weighted by molar-refractivity contribution is 7.91. The lowest BCUT2D eigenvalue weighted by Crippen LogP contribution is -2.07. The van der Waals surface area contributed by atoms with E-state index in [2.05, 4.69) is 20.5 Å². The predicted molar refractivity (Wildman–Crippen MR) is 104 cm³/mol. The second-order valence-corrected chi connectivity index (χ2v) is 8.92. The largest absolute Gasteiger partial charge is 0.322 e. The number of nitrogens with one attached hydrogen (secondary N) is 2. The van der Waals surface area contributed by atoms with Crippen molar-refractivity contribution in [2.45, 2.75) is 41.4 Å². The number of sulfone groups is 1. The Bertz CT molecular complexity index is 1040. The van der Waals surface area contributed by atoms with Crippen molar-refractivity contribution in [3.8, 4) is 0 Å². The van der Waals surface area contributed by atoms with E-state index in [-0.39, 0.29) is 20.8 Å². The average Bonchev–Trinajstić information content (AvgIpc) is 3.34. The molecule has 0 unspecified atom stereocenters. The molecule has 4 rings (SSSR count). The van der Waals surface area contributed by atoms with Crippen LogP contribution in [0.4, 0.5) is 11.6 Å². The first-order valence-electron chi connectivity index (χ1n) is 8.83. The van der Waals surface area contributed by atoms with Crippen LogP contribution in [0, 0.1) is 0 Å². The number of rotatable bonds is 5. The van der Waals surface area contributed by atoms with Crippen LogP contribution in [0.1, 0.15) is 37.3 Å². The first-order chi connectivity index (χ1) is 13.0. The van der Waals surface area contributed by atoms with Crippen molar-refractivity contribution in [3.05, 3.63) is 59.4 Å². The van der Waals surface area contributed by atoms with Crippen molar-refractivity contribution in [3.63, 3.8) is 0 Å². The molecule has 2 aromatic heterocycles. The molecule has 1 saturated carbocycles. The molecule has 0 spiro atoms. The third-order valence-electron chi connectivity index (χ3n) is 4.81. The molecule has 6 nitrogen and oxygen atoms in total. The number of nitrogens with zero attached hydrogens (tertiary/aromatic N) is 2. The van der Waals surface area contributed by atoms with Crippen LogP contribution in [0.2, 0.25) is 5.15 Å². The van der Waals surface area contributed by atoms with Gasteiger partial charge in [0, 0.05) is 17.7 Å². The highest BCUT2D eigenvalue weighted by Crippen LogP contribution is 2.35. The number of benzene rings is 1. The van der Waals surface area contributed by atoms with E-state index in [9.17, 15) is 8.42 Å². The number of pyridine rings is 1. The summed E-state index contributed by atoms with van der Waals surface area (Å²) in [5, 5.41) is 10.5. The minimum Gasteiger partial charge on any atom is -0.322 e. The maximum atomic E-state index is 13.0. The minimum atomic E-state index is -3.74. The lowest BCUT2D eigenvalue weighted by Gasteiger charge is -2.11. The van der Waals surface area contributed by atoms with Crippen LogP contribution in [0.3, 0.4) is 0 Å². The minimum absolute atomic E-state index is 0.0588. The Balaban J connectivity index is 1.68. The average molecular weight is 403 g/mol. The Morgan fingerprint density at radius 1 is 1.07 bits per heavy atom. The molecule has 0 atom stereocenters. The van der Waals surface area contributed by atoms with Crippen molar-refractivity contribution >= 4 is 33.1 Å².